The van der Waals surface area contributed by atoms with Crippen molar-refractivity contribution in [1.82, 2.24) is 9.66 Å². The summed E-state index contributed by atoms with van der Waals surface area (Å²) in [5.74, 6) is -0.183. The van der Waals surface area contributed by atoms with Crippen molar-refractivity contribution < 1.29 is 14.6 Å². The van der Waals surface area contributed by atoms with E-state index in [4.69, 9.17) is 9.84 Å². The number of carbonyl (C=O) groups is 1. The second-order valence-corrected chi connectivity index (χ2v) is 6.96. The number of benzene rings is 2. The second kappa shape index (κ2) is 8.35. The molecule has 0 aliphatic heterocycles. The van der Waals surface area contributed by atoms with Crippen LogP contribution in [0, 0.1) is 0 Å². The lowest BCUT2D eigenvalue weighted by Gasteiger charge is -2.12. The first kappa shape index (κ1) is 19.8. The third-order valence-corrected chi connectivity index (χ3v) is 4.57. The molecule has 8 heteroatoms. The summed E-state index contributed by atoms with van der Waals surface area (Å²) in [5, 5.41) is 13.8. The highest BCUT2D eigenvalue weighted by Gasteiger charge is 2.14. The van der Waals surface area contributed by atoms with E-state index >= 15 is 0 Å². The van der Waals surface area contributed by atoms with Gasteiger partial charge >= 0.3 is 5.97 Å². The number of halogens is 1. The lowest BCUT2D eigenvalue weighted by molar-refractivity contribution is -0.144. The van der Waals surface area contributed by atoms with Crippen molar-refractivity contribution in [3.05, 3.63) is 68.7 Å². The monoisotopic (exact) mass is 443 g/mol. The lowest BCUT2D eigenvalue weighted by Crippen LogP contribution is -2.23. The molecule has 0 saturated carbocycles. The Bertz CT molecular complexity index is 1120. The van der Waals surface area contributed by atoms with E-state index in [0.29, 0.717) is 34.5 Å². The van der Waals surface area contributed by atoms with Crippen LogP contribution in [-0.2, 0) is 11.2 Å². The molecular weight excluding hydrogens is 426 g/mol. The van der Waals surface area contributed by atoms with Crippen molar-refractivity contribution in [3.63, 3.8) is 0 Å². The van der Waals surface area contributed by atoms with Gasteiger partial charge in [-0.25, -0.2) is 9.78 Å². The van der Waals surface area contributed by atoms with Crippen LogP contribution in [0.25, 0.3) is 10.9 Å². The van der Waals surface area contributed by atoms with Gasteiger partial charge in [0.1, 0.15) is 11.6 Å². The van der Waals surface area contributed by atoms with Gasteiger partial charge in [0.2, 0.25) is 0 Å². The van der Waals surface area contributed by atoms with Gasteiger partial charge in [0.15, 0.2) is 6.10 Å². The van der Waals surface area contributed by atoms with Gasteiger partial charge in [0.25, 0.3) is 5.56 Å². The molecule has 0 unspecified atom stereocenters. The summed E-state index contributed by atoms with van der Waals surface area (Å²) in [7, 11) is 0. The zero-order valence-electron chi connectivity index (χ0n) is 15.3. The van der Waals surface area contributed by atoms with Gasteiger partial charge in [-0.15, -0.1) is 0 Å². The first-order chi connectivity index (χ1) is 13.4. The smallest absolute Gasteiger partial charge is 0.344 e. The summed E-state index contributed by atoms with van der Waals surface area (Å²) >= 11 is 3.37. The first-order valence-corrected chi connectivity index (χ1v) is 9.44. The third-order valence-electron chi connectivity index (χ3n) is 4.07. The van der Waals surface area contributed by atoms with E-state index < -0.39 is 12.1 Å². The number of aliphatic carboxylic acids is 1. The van der Waals surface area contributed by atoms with Crippen molar-refractivity contribution >= 4 is 39.0 Å². The average Bonchev–Trinajstić information content (AvgIpc) is 2.68. The maximum atomic E-state index is 12.9. The maximum absolute atomic E-state index is 12.9. The number of rotatable bonds is 6. The molecular formula is C20H18BrN3O4. The number of hydrogen-bond donors (Lipinski definition) is 1. The fraction of sp³-hybridized carbons (Fsp3) is 0.200. The van der Waals surface area contributed by atoms with Crippen LogP contribution in [0.3, 0.4) is 0 Å². The molecule has 3 aromatic rings. The van der Waals surface area contributed by atoms with E-state index in [0.717, 1.165) is 4.47 Å². The molecule has 144 valence electrons. The Hall–Kier alpha value is -3.00. The average molecular weight is 444 g/mol. The number of aryl methyl sites for hydroxylation is 1. The van der Waals surface area contributed by atoms with E-state index in [1.165, 1.54) is 17.8 Å². The standard InChI is InChI=1S/C20H18BrN3O4/c1-3-18-23-16-9-8-14(21)10-15(16)19(25)24(18)22-11-13-6-4-5-7-17(13)28-12(2)20(26)27/h4-12H,3H2,1-2H3,(H,26,27)/t12-/m1/s1. The van der Waals surface area contributed by atoms with Crippen LogP contribution < -0.4 is 10.3 Å². The Morgan fingerprint density at radius 2 is 2.11 bits per heavy atom. The minimum absolute atomic E-state index is 0.281. The summed E-state index contributed by atoms with van der Waals surface area (Å²) < 4.78 is 7.50. The van der Waals surface area contributed by atoms with E-state index in [9.17, 15) is 9.59 Å². The van der Waals surface area contributed by atoms with Gasteiger partial charge in [-0.1, -0.05) is 35.0 Å². The molecule has 1 aromatic heterocycles. The molecule has 7 nitrogen and oxygen atoms in total. The van der Waals surface area contributed by atoms with Crippen LogP contribution in [0.1, 0.15) is 25.2 Å². The molecule has 2 aromatic carbocycles. The molecule has 3 rings (SSSR count). The van der Waals surface area contributed by atoms with E-state index in [2.05, 4.69) is 26.0 Å². The third kappa shape index (κ3) is 4.12. The van der Waals surface area contributed by atoms with Crippen LogP contribution in [0.15, 0.2) is 56.8 Å². The van der Waals surface area contributed by atoms with Gasteiger partial charge in [-0.05, 0) is 37.3 Å². The Kier molecular flexibility index (Phi) is 5.89. The molecule has 28 heavy (non-hydrogen) atoms. The minimum atomic E-state index is -1.07. The SMILES string of the molecule is CCc1nc2ccc(Br)cc2c(=O)n1N=Cc1ccccc1O[C@H](C)C(=O)O. The molecule has 0 bridgehead atoms. The van der Waals surface area contributed by atoms with Crippen LogP contribution in [0.4, 0.5) is 0 Å². The number of carboxylic acid groups (broad SMARTS) is 1. The van der Waals surface area contributed by atoms with Crippen LogP contribution in [-0.4, -0.2) is 33.1 Å². The van der Waals surface area contributed by atoms with Gasteiger partial charge in [0, 0.05) is 16.5 Å². The number of carboxylic acids is 1. The zero-order chi connectivity index (χ0) is 20.3. The van der Waals surface area contributed by atoms with Gasteiger partial charge < -0.3 is 9.84 Å². The van der Waals surface area contributed by atoms with Crippen LogP contribution in [0.2, 0.25) is 0 Å². The maximum Gasteiger partial charge on any atom is 0.344 e. The van der Waals surface area contributed by atoms with Crippen molar-refractivity contribution in [2.75, 3.05) is 0 Å². The normalized spacial score (nSPS) is 12.4. The highest BCUT2D eigenvalue weighted by atomic mass is 79.9. The summed E-state index contributed by atoms with van der Waals surface area (Å²) in [4.78, 5) is 28.5. The number of aromatic nitrogens is 2. The second-order valence-electron chi connectivity index (χ2n) is 6.04. The van der Waals surface area contributed by atoms with E-state index in [-0.39, 0.29) is 5.56 Å². The Balaban J connectivity index is 2.06. The fourth-order valence-electron chi connectivity index (χ4n) is 2.60. The Labute approximate surface area is 169 Å². The minimum Gasteiger partial charge on any atom is -0.479 e. The van der Waals surface area contributed by atoms with Gasteiger partial charge in [-0.2, -0.15) is 9.78 Å². The summed E-state index contributed by atoms with van der Waals surface area (Å²) in [6.07, 6.45) is 0.978. The van der Waals surface area contributed by atoms with Gasteiger partial charge in [-0.3, -0.25) is 4.79 Å². The predicted octanol–water partition coefficient (Wildman–Crippen LogP) is 3.46. The van der Waals surface area contributed by atoms with Crippen molar-refractivity contribution in [1.29, 1.82) is 0 Å². The molecule has 0 radical (unpaired) electrons. The molecule has 0 aliphatic rings. The fourth-order valence-corrected chi connectivity index (χ4v) is 2.96. The molecule has 1 N–H and O–H groups in total. The van der Waals surface area contributed by atoms with Crippen LogP contribution in [0.5, 0.6) is 5.75 Å². The van der Waals surface area contributed by atoms with E-state index in [1.54, 1.807) is 36.4 Å². The van der Waals surface area contributed by atoms with Crippen molar-refractivity contribution in [3.8, 4) is 5.75 Å². The first-order valence-electron chi connectivity index (χ1n) is 8.64. The number of ether oxygens (including phenoxy) is 1. The summed E-state index contributed by atoms with van der Waals surface area (Å²) in [6, 6.07) is 12.2. The number of para-hydroxylation sites is 1. The number of fused-ring (bicyclic) bond motifs is 1. The predicted molar refractivity (Wildman–Crippen MR) is 110 cm³/mol. The zero-order valence-corrected chi connectivity index (χ0v) is 16.9. The lowest BCUT2D eigenvalue weighted by atomic mass is 10.2. The van der Waals surface area contributed by atoms with Crippen molar-refractivity contribution in [2.45, 2.75) is 26.4 Å². The Morgan fingerprint density at radius 1 is 1.36 bits per heavy atom. The molecule has 0 amide bonds. The molecule has 0 fully saturated rings. The molecule has 0 spiro atoms. The van der Waals surface area contributed by atoms with E-state index in [1.807, 2.05) is 13.0 Å². The highest BCUT2D eigenvalue weighted by Crippen LogP contribution is 2.19. The quantitative estimate of drug-likeness (QED) is 0.588. The summed E-state index contributed by atoms with van der Waals surface area (Å²) in [6.45, 7) is 3.34. The molecule has 0 saturated heterocycles. The molecule has 0 aliphatic carbocycles. The van der Waals surface area contributed by atoms with Gasteiger partial charge in [0.05, 0.1) is 17.1 Å². The number of nitrogens with zero attached hydrogens (tertiary/aromatic N) is 3. The van der Waals surface area contributed by atoms with Crippen LogP contribution >= 0.6 is 15.9 Å². The largest absolute Gasteiger partial charge is 0.479 e. The number of hydrogen-bond acceptors (Lipinski definition) is 5. The molecule has 1 atom stereocenters. The summed E-state index contributed by atoms with van der Waals surface area (Å²) in [5.41, 5.74) is 0.881. The van der Waals surface area contributed by atoms with Crippen molar-refractivity contribution in [2.24, 2.45) is 5.10 Å². The molecule has 1 heterocycles. The Morgan fingerprint density at radius 3 is 2.82 bits per heavy atom. The highest BCUT2D eigenvalue weighted by molar-refractivity contribution is 9.10. The topological polar surface area (TPSA) is 93.8 Å².